The fourth-order valence-electron chi connectivity index (χ4n) is 2.31. The van der Waals surface area contributed by atoms with E-state index in [0.29, 0.717) is 12.0 Å². The predicted molar refractivity (Wildman–Crippen MR) is 79.2 cm³/mol. The van der Waals surface area contributed by atoms with Gasteiger partial charge in [0.2, 0.25) is 0 Å². The van der Waals surface area contributed by atoms with Crippen LogP contribution in [0.1, 0.15) is 30.5 Å². The van der Waals surface area contributed by atoms with Crippen molar-refractivity contribution in [2.24, 2.45) is 0 Å². The second-order valence-electron chi connectivity index (χ2n) is 5.05. The van der Waals surface area contributed by atoms with Gasteiger partial charge >= 0.3 is 0 Å². The van der Waals surface area contributed by atoms with Crippen LogP contribution in [0.15, 0.2) is 42.5 Å². The van der Waals surface area contributed by atoms with Crippen molar-refractivity contribution in [3.63, 3.8) is 0 Å². The maximum atomic E-state index is 14.0. The van der Waals surface area contributed by atoms with E-state index in [0.717, 1.165) is 24.6 Å². The molecule has 0 radical (unpaired) electrons. The van der Waals surface area contributed by atoms with E-state index in [9.17, 15) is 13.9 Å². The van der Waals surface area contributed by atoms with E-state index in [1.807, 2.05) is 13.0 Å². The molecule has 4 heteroatoms. The van der Waals surface area contributed by atoms with E-state index < -0.39 is 11.6 Å². The summed E-state index contributed by atoms with van der Waals surface area (Å²) < 4.78 is 27.0. The zero-order valence-corrected chi connectivity index (χ0v) is 11.9. The Bertz CT molecular complexity index is 601. The van der Waals surface area contributed by atoms with Crippen molar-refractivity contribution in [3.05, 3.63) is 65.2 Å². The van der Waals surface area contributed by atoms with Gasteiger partial charge in [-0.25, -0.2) is 8.78 Å². The lowest BCUT2D eigenvalue weighted by Crippen LogP contribution is -2.25. The Morgan fingerprint density at radius 2 is 1.95 bits per heavy atom. The summed E-state index contributed by atoms with van der Waals surface area (Å²) in [5, 5.41) is 12.8. The molecular formula is C17H19F2NO. The fourth-order valence-corrected chi connectivity index (χ4v) is 2.31. The largest absolute Gasteiger partial charge is 0.508 e. The van der Waals surface area contributed by atoms with Gasteiger partial charge in [0.1, 0.15) is 17.4 Å². The second-order valence-corrected chi connectivity index (χ2v) is 5.05. The molecular weight excluding hydrogens is 272 g/mol. The number of hydrogen-bond donors (Lipinski definition) is 2. The Labute approximate surface area is 123 Å². The molecule has 0 aliphatic rings. The van der Waals surface area contributed by atoms with Gasteiger partial charge in [-0.05, 0) is 43.1 Å². The first-order chi connectivity index (χ1) is 10.1. The zero-order valence-electron chi connectivity index (χ0n) is 11.9. The number of halogens is 2. The van der Waals surface area contributed by atoms with Crippen LogP contribution in [0.2, 0.25) is 0 Å². The molecule has 0 heterocycles. The third-order valence-corrected chi connectivity index (χ3v) is 3.33. The number of hydrogen-bond acceptors (Lipinski definition) is 2. The smallest absolute Gasteiger partial charge is 0.130 e. The number of benzene rings is 2. The highest BCUT2D eigenvalue weighted by molar-refractivity contribution is 5.30. The molecule has 0 bridgehead atoms. The zero-order chi connectivity index (χ0) is 15.2. The lowest BCUT2D eigenvalue weighted by molar-refractivity contribution is 0.470. The van der Waals surface area contributed by atoms with Crippen molar-refractivity contribution >= 4 is 0 Å². The molecule has 0 aromatic heterocycles. The highest BCUT2D eigenvalue weighted by atomic mass is 19.1. The lowest BCUT2D eigenvalue weighted by Gasteiger charge is -2.20. The molecule has 2 aromatic rings. The van der Waals surface area contributed by atoms with E-state index in [2.05, 4.69) is 5.32 Å². The average molecular weight is 291 g/mol. The maximum Gasteiger partial charge on any atom is 0.130 e. The Morgan fingerprint density at radius 3 is 2.62 bits per heavy atom. The first kappa shape index (κ1) is 15.4. The number of aromatic hydroxyl groups is 1. The van der Waals surface area contributed by atoms with Crippen molar-refractivity contribution < 1.29 is 13.9 Å². The predicted octanol–water partition coefficient (Wildman–Crippen LogP) is 3.95. The molecule has 0 spiro atoms. The van der Waals surface area contributed by atoms with E-state index in [4.69, 9.17) is 0 Å². The minimum absolute atomic E-state index is 0.182. The van der Waals surface area contributed by atoms with Gasteiger partial charge in [-0.2, -0.15) is 0 Å². The SMILES string of the molecule is CCCNC(Cc1cccc(O)c1)c1ccc(F)cc1F. The van der Waals surface area contributed by atoms with Gasteiger partial charge in [0.25, 0.3) is 0 Å². The third-order valence-electron chi connectivity index (χ3n) is 3.33. The topological polar surface area (TPSA) is 32.3 Å². The van der Waals surface area contributed by atoms with Crippen LogP contribution in [-0.4, -0.2) is 11.7 Å². The molecule has 0 fully saturated rings. The third kappa shape index (κ3) is 4.26. The number of nitrogens with one attached hydrogen (secondary N) is 1. The van der Waals surface area contributed by atoms with Crippen LogP contribution >= 0.6 is 0 Å². The molecule has 0 aliphatic carbocycles. The van der Waals surface area contributed by atoms with E-state index in [-0.39, 0.29) is 11.8 Å². The quantitative estimate of drug-likeness (QED) is 0.844. The molecule has 2 aromatic carbocycles. The summed E-state index contributed by atoms with van der Waals surface area (Å²) in [4.78, 5) is 0. The summed E-state index contributed by atoms with van der Waals surface area (Å²) in [5.41, 5.74) is 1.33. The Hall–Kier alpha value is -1.94. The summed E-state index contributed by atoms with van der Waals surface area (Å²) in [7, 11) is 0. The van der Waals surface area contributed by atoms with Gasteiger partial charge in [0.05, 0.1) is 0 Å². The van der Waals surface area contributed by atoms with Crippen molar-refractivity contribution in [3.8, 4) is 5.75 Å². The average Bonchev–Trinajstić information content (AvgIpc) is 2.44. The molecule has 112 valence electrons. The van der Waals surface area contributed by atoms with Crippen molar-refractivity contribution in [2.75, 3.05) is 6.54 Å². The molecule has 0 saturated heterocycles. The minimum Gasteiger partial charge on any atom is -0.508 e. The summed E-state index contributed by atoms with van der Waals surface area (Å²) >= 11 is 0. The Morgan fingerprint density at radius 1 is 1.14 bits per heavy atom. The summed E-state index contributed by atoms with van der Waals surface area (Å²) in [6.07, 6.45) is 1.44. The van der Waals surface area contributed by atoms with E-state index >= 15 is 0 Å². The van der Waals surface area contributed by atoms with Crippen LogP contribution in [-0.2, 0) is 6.42 Å². The van der Waals surface area contributed by atoms with Crippen LogP contribution < -0.4 is 5.32 Å². The van der Waals surface area contributed by atoms with Crippen molar-refractivity contribution in [2.45, 2.75) is 25.8 Å². The Kier molecular flexibility index (Phi) is 5.28. The van der Waals surface area contributed by atoms with Gasteiger partial charge in [-0.15, -0.1) is 0 Å². The normalized spacial score (nSPS) is 12.3. The molecule has 0 saturated carbocycles. The van der Waals surface area contributed by atoms with Crippen molar-refractivity contribution in [1.82, 2.24) is 5.32 Å². The van der Waals surface area contributed by atoms with Crippen LogP contribution in [0.5, 0.6) is 5.75 Å². The molecule has 0 amide bonds. The molecule has 2 rings (SSSR count). The molecule has 0 aliphatic heterocycles. The van der Waals surface area contributed by atoms with Crippen LogP contribution in [0, 0.1) is 11.6 Å². The number of rotatable bonds is 6. The highest BCUT2D eigenvalue weighted by Crippen LogP contribution is 2.23. The Balaban J connectivity index is 2.25. The second kappa shape index (κ2) is 7.18. The van der Waals surface area contributed by atoms with Crippen LogP contribution in [0.4, 0.5) is 8.78 Å². The standard InChI is InChI=1S/C17H19F2NO/c1-2-8-20-17(10-12-4-3-5-14(21)9-12)15-7-6-13(18)11-16(15)19/h3-7,9,11,17,20-21H,2,8,10H2,1H3. The molecule has 1 atom stereocenters. The van der Waals surface area contributed by atoms with E-state index in [1.54, 1.807) is 18.2 Å². The summed E-state index contributed by atoms with van der Waals surface area (Å²) in [6.45, 7) is 2.76. The first-order valence-electron chi connectivity index (χ1n) is 7.06. The van der Waals surface area contributed by atoms with Crippen LogP contribution in [0.3, 0.4) is 0 Å². The maximum absolute atomic E-state index is 14.0. The number of phenols is 1. The van der Waals surface area contributed by atoms with Gasteiger partial charge in [-0.1, -0.05) is 25.1 Å². The molecule has 21 heavy (non-hydrogen) atoms. The van der Waals surface area contributed by atoms with Gasteiger partial charge in [0, 0.05) is 17.7 Å². The van der Waals surface area contributed by atoms with Crippen molar-refractivity contribution in [1.29, 1.82) is 0 Å². The summed E-state index contributed by atoms with van der Waals surface area (Å²) in [6, 6.07) is 10.3. The highest BCUT2D eigenvalue weighted by Gasteiger charge is 2.16. The van der Waals surface area contributed by atoms with Gasteiger partial charge in [-0.3, -0.25) is 0 Å². The monoisotopic (exact) mass is 291 g/mol. The van der Waals surface area contributed by atoms with Gasteiger partial charge in [0.15, 0.2) is 0 Å². The minimum atomic E-state index is -0.581. The van der Waals surface area contributed by atoms with Gasteiger partial charge < -0.3 is 10.4 Å². The van der Waals surface area contributed by atoms with Crippen LogP contribution in [0.25, 0.3) is 0 Å². The summed E-state index contributed by atoms with van der Waals surface area (Å²) in [5.74, 6) is -0.951. The number of phenolic OH excluding ortho intramolecular Hbond substituents is 1. The van der Waals surface area contributed by atoms with E-state index in [1.165, 1.54) is 12.1 Å². The molecule has 2 nitrogen and oxygen atoms in total. The molecule has 1 unspecified atom stereocenters. The molecule has 2 N–H and O–H groups in total. The first-order valence-corrected chi connectivity index (χ1v) is 7.06. The fraction of sp³-hybridized carbons (Fsp3) is 0.294. The lowest BCUT2D eigenvalue weighted by atomic mass is 9.98.